The van der Waals surface area contributed by atoms with Gasteiger partial charge >= 0.3 is 0 Å². The van der Waals surface area contributed by atoms with Crippen molar-refractivity contribution in [3.8, 4) is 45.0 Å². The van der Waals surface area contributed by atoms with Gasteiger partial charge in [-0.3, -0.25) is 0 Å². The molecular formula is C32H32N6. The summed E-state index contributed by atoms with van der Waals surface area (Å²) in [5.74, 6) is 0.710. The van der Waals surface area contributed by atoms with Crippen molar-refractivity contribution in [3.05, 3.63) is 97.1 Å². The summed E-state index contributed by atoms with van der Waals surface area (Å²) in [4.78, 5) is 9.87. The fourth-order valence-corrected chi connectivity index (χ4v) is 4.76. The summed E-state index contributed by atoms with van der Waals surface area (Å²) in [6.07, 6.45) is 0. The fourth-order valence-electron chi connectivity index (χ4n) is 4.76. The SMILES string of the molecule is CNc1cc(NC)c(NC)c(-c2ccc(-c3cc(-c4ccccc4)nc(-c4ccccc4)n3)cc2)c1NC. The second-order valence-electron chi connectivity index (χ2n) is 8.87. The predicted molar refractivity (Wildman–Crippen MR) is 162 cm³/mol. The third kappa shape index (κ3) is 4.76. The van der Waals surface area contributed by atoms with Gasteiger partial charge in [-0.15, -0.1) is 0 Å². The molecule has 0 saturated heterocycles. The molecule has 0 unspecified atom stereocenters. The summed E-state index contributed by atoms with van der Waals surface area (Å²) in [6.45, 7) is 0. The number of hydrogen-bond acceptors (Lipinski definition) is 6. The Balaban J connectivity index is 1.63. The number of hydrogen-bond donors (Lipinski definition) is 4. The van der Waals surface area contributed by atoms with Crippen LogP contribution in [0.2, 0.25) is 0 Å². The highest BCUT2D eigenvalue weighted by atomic mass is 15.0. The Morgan fingerprint density at radius 2 is 0.895 bits per heavy atom. The Bertz CT molecular complexity index is 1440. The van der Waals surface area contributed by atoms with Crippen LogP contribution in [0.15, 0.2) is 97.1 Å². The van der Waals surface area contributed by atoms with Crippen LogP contribution in [-0.4, -0.2) is 38.2 Å². The number of anilines is 4. The Morgan fingerprint density at radius 3 is 1.37 bits per heavy atom. The highest BCUT2D eigenvalue weighted by Crippen LogP contribution is 2.45. The van der Waals surface area contributed by atoms with Gasteiger partial charge in [0.05, 0.1) is 34.1 Å². The summed E-state index contributed by atoms with van der Waals surface area (Å²) in [5, 5.41) is 13.4. The largest absolute Gasteiger partial charge is 0.386 e. The molecule has 5 rings (SSSR count). The van der Waals surface area contributed by atoms with E-state index in [1.807, 2.05) is 76.7 Å². The molecule has 0 amide bonds. The predicted octanol–water partition coefficient (Wildman–Crippen LogP) is 7.31. The molecule has 4 aromatic carbocycles. The van der Waals surface area contributed by atoms with E-state index in [9.17, 15) is 0 Å². The molecule has 0 aliphatic carbocycles. The average molecular weight is 501 g/mol. The Hall–Kier alpha value is -4.84. The van der Waals surface area contributed by atoms with Crippen LogP contribution in [0.4, 0.5) is 22.7 Å². The van der Waals surface area contributed by atoms with Gasteiger partial charge in [0, 0.05) is 50.4 Å². The van der Waals surface area contributed by atoms with Gasteiger partial charge in [-0.2, -0.15) is 0 Å². The third-order valence-corrected chi connectivity index (χ3v) is 6.66. The molecule has 1 heterocycles. The monoisotopic (exact) mass is 500 g/mol. The lowest BCUT2D eigenvalue weighted by molar-refractivity contribution is 1.18. The molecule has 0 radical (unpaired) electrons. The zero-order chi connectivity index (χ0) is 26.5. The first kappa shape index (κ1) is 24.8. The highest BCUT2D eigenvalue weighted by Gasteiger charge is 2.18. The van der Waals surface area contributed by atoms with Crippen molar-refractivity contribution in [1.82, 2.24) is 9.97 Å². The maximum atomic E-state index is 4.97. The standard InChI is InChI=1S/C32H32N6/c1-33-27-20-28(34-2)31(36-4)29(30(27)35-3)23-17-15-22(16-18-23)26-19-25(21-11-7-5-8-12-21)37-32(38-26)24-13-9-6-10-14-24/h5-20,33-36H,1-4H3. The molecule has 190 valence electrons. The van der Waals surface area contributed by atoms with E-state index in [-0.39, 0.29) is 0 Å². The van der Waals surface area contributed by atoms with Crippen molar-refractivity contribution < 1.29 is 0 Å². The summed E-state index contributed by atoms with van der Waals surface area (Å²) in [6, 6.07) is 33.1. The number of nitrogens with one attached hydrogen (secondary N) is 4. The minimum Gasteiger partial charge on any atom is -0.386 e. The minimum atomic E-state index is 0.710. The van der Waals surface area contributed by atoms with E-state index in [4.69, 9.17) is 9.97 Å². The van der Waals surface area contributed by atoms with Gasteiger partial charge in [0.25, 0.3) is 0 Å². The Kier molecular flexibility index (Phi) is 7.22. The zero-order valence-electron chi connectivity index (χ0n) is 22.1. The molecule has 6 heteroatoms. The zero-order valence-corrected chi connectivity index (χ0v) is 22.1. The molecule has 4 N–H and O–H groups in total. The minimum absolute atomic E-state index is 0.710. The molecular weight excluding hydrogens is 468 g/mol. The van der Waals surface area contributed by atoms with Crippen molar-refractivity contribution in [2.75, 3.05) is 49.5 Å². The normalized spacial score (nSPS) is 10.6. The molecule has 0 saturated carbocycles. The van der Waals surface area contributed by atoms with E-state index < -0.39 is 0 Å². The Morgan fingerprint density at radius 1 is 0.447 bits per heavy atom. The van der Waals surface area contributed by atoms with Gasteiger partial charge in [0.2, 0.25) is 0 Å². The van der Waals surface area contributed by atoms with Gasteiger partial charge < -0.3 is 21.3 Å². The molecule has 6 nitrogen and oxygen atoms in total. The quantitative estimate of drug-likeness (QED) is 0.179. The van der Waals surface area contributed by atoms with Crippen molar-refractivity contribution in [3.63, 3.8) is 0 Å². The van der Waals surface area contributed by atoms with Gasteiger partial charge in [-0.25, -0.2) is 9.97 Å². The molecule has 0 bridgehead atoms. The number of rotatable bonds is 8. The maximum Gasteiger partial charge on any atom is 0.160 e. The maximum absolute atomic E-state index is 4.97. The lowest BCUT2D eigenvalue weighted by Gasteiger charge is -2.22. The van der Waals surface area contributed by atoms with Crippen molar-refractivity contribution in [2.24, 2.45) is 0 Å². The van der Waals surface area contributed by atoms with Gasteiger partial charge in [-0.05, 0) is 17.7 Å². The van der Waals surface area contributed by atoms with Crippen LogP contribution < -0.4 is 21.3 Å². The van der Waals surface area contributed by atoms with Gasteiger partial charge in [0.15, 0.2) is 5.82 Å². The van der Waals surface area contributed by atoms with E-state index in [1.165, 1.54) is 0 Å². The van der Waals surface area contributed by atoms with E-state index >= 15 is 0 Å². The second kappa shape index (κ2) is 11.0. The van der Waals surface area contributed by atoms with Crippen molar-refractivity contribution >= 4 is 22.7 Å². The van der Waals surface area contributed by atoms with Gasteiger partial charge in [-0.1, -0.05) is 84.9 Å². The number of aromatic nitrogens is 2. The van der Waals surface area contributed by atoms with Crippen LogP contribution >= 0.6 is 0 Å². The van der Waals surface area contributed by atoms with Crippen molar-refractivity contribution in [2.45, 2.75) is 0 Å². The van der Waals surface area contributed by atoms with E-state index in [2.05, 4.69) is 69.8 Å². The van der Waals surface area contributed by atoms with E-state index in [0.29, 0.717) is 5.82 Å². The second-order valence-corrected chi connectivity index (χ2v) is 8.87. The highest BCUT2D eigenvalue weighted by molar-refractivity contribution is 6.01. The number of nitrogens with zero attached hydrogens (tertiary/aromatic N) is 2. The smallest absolute Gasteiger partial charge is 0.160 e. The molecule has 0 atom stereocenters. The summed E-state index contributed by atoms with van der Waals surface area (Å²) in [7, 11) is 7.77. The van der Waals surface area contributed by atoms with Crippen LogP contribution in [0, 0.1) is 0 Å². The lowest BCUT2D eigenvalue weighted by Crippen LogP contribution is -2.06. The van der Waals surface area contributed by atoms with Crippen molar-refractivity contribution in [1.29, 1.82) is 0 Å². The number of benzene rings is 4. The van der Waals surface area contributed by atoms with Gasteiger partial charge in [0.1, 0.15) is 0 Å². The first-order valence-electron chi connectivity index (χ1n) is 12.7. The van der Waals surface area contributed by atoms with Crippen LogP contribution in [-0.2, 0) is 0 Å². The van der Waals surface area contributed by atoms with Crippen LogP contribution in [0.1, 0.15) is 0 Å². The average Bonchev–Trinajstić information content (AvgIpc) is 3.00. The molecule has 0 aliphatic heterocycles. The first-order valence-corrected chi connectivity index (χ1v) is 12.7. The third-order valence-electron chi connectivity index (χ3n) is 6.66. The molecule has 5 aromatic rings. The molecule has 1 aromatic heterocycles. The molecule has 0 spiro atoms. The summed E-state index contributed by atoms with van der Waals surface area (Å²) >= 11 is 0. The van der Waals surface area contributed by atoms with E-state index in [1.54, 1.807) is 0 Å². The van der Waals surface area contributed by atoms with E-state index in [0.717, 1.165) is 62.0 Å². The summed E-state index contributed by atoms with van der Waals surface area (Å²) < 4.78 is 0. The first-order chi connectivity index (χ1) is 18.7. The van der Waals surface area contributed by atoms with Crippen LogP contribution in [0.3, 0.4) is 0 Å². The molecule has 0 fully saturated rings. The molecule has 38 heavy (non-hydrogen) atoms. The Labute approximate surface area is 224 Å². The summed E-state index contributed by atoms with van der Waals surface area (Å²) in [5.41, 5.74) is 11.1. The van der Waals surface area contributed by atoms with Crippen LogP contribution in [0.5, 0.6) is 0 Å². The fraction of sp³-hybridized carbons (Fsp3) is 0.125. The van der Waals surface area contributed by atoms with Crippen LogP contribution in [0.25, 0.3) is 45.0 Å². The lowest BCUT2D eigenvalue weighted by atomic mass is 9.96. The topological polar surface area (TPSA) is 73.9 Å². The molecule has 0 aliphatic rings.